The Balaban J connectivity index is 2.16. The van der Waals surface area contributed by atoms with E-state index in [1.54, 1.807) is 0 Å². The number of hydrogen-bond donors (Lipinski definition) is 2. The minimum atomic E-state index is -0.314. The molecule has 20 heavy (non-hydrogen) atoms. The molecule has 1 aliphatic rings. The molecule has 1 aliphatic carbocycles. The van der Waals surface area contributed by atoms with Crippen LogP contribution in [0.2, 0.25) is 0 Å². The molecular weight excluding hydrogens is 248 g/mol. The van der Waals surface area contributed by atoms with Crippen molar-refractivity contribution < 1.29 is 4.79 Å². The highest BCUT2D eigenvalue weighted by molar-refractivity contribution is 5.94. The van der Waals surface area contributed by atoms with Gasteiger partial charge in [0, 0.05) is 12.1 Å². The van der Waals surface area contributed by atoms with Crippen molar-refractivity contribution in [2.75, 3.05) is 13.6 Å². The Hall–Kier alpha value is -1.35. The zero-order chi connectivity index (χ0) is 14.4. The third-order valence-corrected chi connectivity index (χ3v) is 4.46. The SMILES string of the molecule is CNC[C@@H](CC1CCCCC1)c1ccccc1C(N)=O. The first-order chi connectivity index (χ1) is 9.72. The van der Waals surface area contributed by atoms with E-state index in [1.165, 1.54) is 32.1 Å². The summed E-state index contributed by atoms with van der Waals surface area (Å²) in [5, 5.41) is 3.27. The molecule has 0 unspecified atom stereocenters. The second kappa shape index (κ2) is 7.44. The Morgan fingerprint density at radius 2 is 2.00 bits per heavy atom. The molecule has 2 rings (SSSR count). The Morgan fingerprint density at radius 3 is 2.65 bits per heavy atom. The van der Waals surface area contributed by atoms with Crippen molar-refractivity contribution in [2.24, 2.45) is 11.7 Å². The highest BCUT2D eigenvalue weighted by Gasteiger charge is 2.22. The molecule has 0 saturated heterocycles. The Kier molecular flexibility index (Phi) is 5.60. The molecule has 110 valence electrons. The van der Waals surface area contributed by atoms with Gasteiger partial charge in [-0.15, -0.1) is 0 Å². The molecule has 0 spiro atoms. The second-order valence-electron chi connectivity index (χ2n) is 5.95. The average Bonchev–Trinajstić information content (AvgIpc) is 2.48. The van der Waals surface area contributed by atoms with Gasteiger partial charge in [-0.05, 0) is 36.9 Å². The van der Waals surface area contributed by atoms with Crippen LogP contribution in [0.25, 0.3) is 0 Å². The zero-order valence-corrected chi connectivity index (χ0v) is 12.4. The summed E-state index contributed by atoms with van der Waals surface area (Å²) in [5.74, 6) is 0.861. The van der Waals surface area contributed by atoms with Crippen LogP contribution in [0.5, 0.6) is 0 Å². The molecule has 1 aromatic rings. The van der Waals surface area contributed by atoms with Crippen LogP contribution in [0.15, 0.2) is 24.3 Å². The lowest BCUT2D eigenvalue weighted by molar-refractivity contribution is 0.0998. The Labute approximate surface area is 121 Å². The van der Waals surface area contributed by atoms with Gasteiger partial charge in [0.05, 0.1) is 0 Å². The fraction of sp³-hybridized carbons (Fsp3) is 0.588. The van der Waals surface area contributed by atoms with Crippen LogP contribution in [0, 0.1) is 5.92 Å². The van der Waals surface area contributed by atoms with Gasteiger partial charge in [0.1, 0.15) is 0 Å². The number of amides is 1. The third kappa shape index (κ3) is 3.83. The van der Waals surface area contributed by atoms with Crippen molar-refractivity contribution in [3.63, 3.8) is 0 Å². The predicted octanol–water partition coefficient (Wildman–Crippen LogP) is 3.06. The Morgan fingerprint density at radius 1 is 1.30 bits per heavy atom. The third-order valence-electron chi connectivity index (χ3n) is 4.46. The van der Waals surface area contributed by atoms with E-state index in [2.05, 4.69) is 11.4 Å². The van der Waals surface area contributed by atoms with E-state index in [-0.39, 0.29) is 5.91 Å². The average molecular weight is 274 g/mol. The number of primary amides is 1. The normalized spacial score (nSPS) is 17.9. The molecule has 3 N–H and O–H groups in total. The number of hydrogen-bond acceptors (Lipinski definition) is 2. The van der Waals surface area contributed by atoms with Crippen molar-refractivity contribution >= 4 is 5.91 Å². The maximum absolute atomic E-state index is 11.6. The molecule has 0 aromatic heterocycles. The zero-order valence-electron chi connectivity index (χ0n) is 12.4. The molecule has 3 heteroatoms. The summed E-state index contributed by atoms with van der Waals surface area (Å²) in [6.45, 7) is 0.904. The van der Waals surface area contributed by atoms with E-state index in [0.29, 0.717) is 11.5 Å². The summed E-state index contributed by atoms with van der Waals surface area (Å²) >= 11 is 0. The monoisotopic (exact) mass is 274 g/mol. The number of carbonyl (C=O) groups is 1. The van der Waals surface area contributed by atoms with E-state index in [0.717, 1.165) is 24.4 Å². The number of benzene rings is 1. The van der Waals surface area contributed by atoms with Crippen molar-refractivity contribution in [1.82, 2.24) is 5.32 Å². The summed E-state index contributed by atoms with van der Waals surface area (Å²) in [4.78, 5) is 11.6. The standard InChI is InChI=1S/C17H26N2O/c1-19-12-14(11-13-7-3-2-4-8-13)15-9-5-6-10-16(15)17(18)20/h5-6,9-10,13-14,19H,2-4,7-8,11-12H2,1H3,(H2,18,20)/t14-/m1/s1. The fourth-order valence-electron chi connectivity index (χ4n) is 3.47. The number of carbonyl (C=O) groups excluding carboxylic acids is 1. The van der Waals surface area contributed by atoms with Crippen LogP contribution in [0.3, 0.4) is 0 Å². The van der Waals surface area contributed by atoms with E-state index in [9.17, 15) is 4.79 Å². The first kappa shape index (κ1) is 15.0. The van der Waals surface area contributed by atoms with Crippen LogP contribution in [-0.2, 0) is 0 Å². The van der Waals surface area contributed by atoms with Gasteiger partial charge in [-0.25, -0.2) is 0 Å². The Bertz CT molecular complexity index is 438. The molecule has 0 bridgehead atoms. The van der Waals surface area contributed by atoms with E-state index in [4.69, 9.17) is 5.73 Å². The van der Waals surface area contributed by atoms with Crippen molar-refractivity contribution in [1.29, 1.82) is 0 Å². The first-order valence-electron chi connectivity index (χ1n) is 7.75. The molecule has 1 fully saturated rings. The van der Waals surface area contributed by atoms with Crippen molar-refractivity contribution in [2.45, 2.75) is 44.4 Å². The molecule has 0 aliphatic heterocycles. The minimum Gasteiger partial charge on any atom is -0.366 e. The predicted molar refractivity (Wildman–Crippen MR) is 82.8 cm³/mol. The lowest BCUT2D eigenvalue weighted by Gasteiger charge is -2.27. The van der Waals surface area contributed by atoms with Crippen LogP contribution < -0.4 is 11.1 Å². The molecule has 3 nitrogen and oxygen atoms in total. The number of nitrogens with two attached hydrogens (primary N) is 1. The quantitative estimate of drug-likeness (QED) is 0.837. The number of likely N-dealkylation sites (N-methyl/N-ethyl adjacent to an activating group) is 1. The van der Waals surface area contributed by atoms with Gasteiger partial charge in [-0.1, -0.05) is 50.3 Å². The van der Waals surface area contributed by atoms with Gasteiger partial charge in [0.2, 0.25) is 5.91 Å². The van der Waals surface area contributed by atoms with Crippen LogP contribution in [-0.4, -0.2) is 19.5 Å². The highest BCUT2D eigenvalue weighted by Crippen LogP contribution is 2.33. The number of rotatable bonds is 6. The van der Waals surface area contributed by atoms with Gasteiger partial charge in [-0.3, -0.25) is 4.79 Å². The summed E-state index contributed by atoms with van der Waals surface area (Å²) < 4.78 is 0. The largest absolute Gasteiger partial charge is 0.366 e. The summed E-state index contributed by atoms with van der Waals surface area (Å²) in [6, 6.07) is 7.80. The molecule has 1 amide bonds. The molecule has 0 radical (unpaired) electrons. The van der Waals surface area contributed by atoms with E-state index < -0.39 is 0 Å². The topological polar surface area (TPSA) is 55.1 Å². The van der Waals surface area contributed by atoms with Gasteiger partial charge in [0.25, 0.3) is 0 Å². The van der Waals surface area contributed by atoms with Crippen LogP contribution in [0.4, 0.5) is 0 Å². The highest BCUT2D eigenvalue weighted by atomic mass is 16.1. The van der Waals surface area contributed by atoms with Crippen molar-refractivity contribution in [3.8, 4) is 0 Å². The molecular formula is C17H26N2O. The molecule has 1 aromatic carbocycles. The molecule has 0 heterocycles. The smallest absolute Gasteiger partial charge is 0.248 e. The van der Waals surface area contributed by atoms with Crippen LogP contribution >= 0.6 is 0 Å². The van der Waals surface area contributed by atoms with Gasteiger partial charge < -0.3 is 11.1 Å². The van der Waals surface area contributed by atoms with E-state index in [1.807, 2.05) is 25.2 Å². The number of nitrogens with one attached hydrogen (secondary N) is 1. The summed E-state index contributed by atoms with van der Waals surface area (Å²) in [6.07, 6.45) is 7.91. The second-order valence-corrected chi connectivity index (χ2v) is 5.95. The first-order valence-corrected chi connectivity index (χ1v) is 7.75. The minimum absolute atomic E-state index is 0.314. The van der Waals surface area contributed by atoms with Crippen molar-refractivity contribution in [3.05, 3.63) is 35.4 Å². The lowest BCUT2D eigenvalue weighted by atomic mass is 9.79. The maximum atomic E-state index is 11.6. The van der Waals surface area contributed by atoms with Gasteiger partial charge in [0.15, 0.2) is 0 Å². The molecule has 1 atom stereocenters. The summed E-state index contributed by atoms with van der Waals surface area (Å²) in [7, 11) is 1.97. The van der Waals surface area contributed by atoms with Crippen LogP contribution in [0.1, 0.15) is 60.4 Å². The van der Waals surface area contributed by atoms with E-state index >= 15 is 0 Å². The maximum Gasteiger partial charge on any atom is 0.248 e. The summed E-state index contributed by atoms with van der Waals surface area (Å²) in [5.41, 5.74) is 7.32. The molecule has 1 saturated carbocycles. The van der Waals surface area contributed by atoms with Gasteiger partial charge in [-0.2, -0.15) is 0 Å². The van der Waals surface area contributed by atoms with Gasteiger partial charge >= 0.3 is 0 Å². The fourth-order valence-corrected chi connectivity index (χ4v) is 3.47. The lowest BCUT2D eigenvalue weighted by Crippen LogP contribution is -2.24.